The van der Waals surface area contributed by atoms with Crippen LogP contribution in [0.25, 0.3) is 0 Å². The Morgan fingerprint density at radius 1 is 0.971 bits per heavy atom. The molecule has 7 nitrogen and oxygen atoms in total. The maximum absolute atomic E-state index is 13.8. The first-order valence-electron chi connectivity index (χ1n) is 12.3. The summed E-state index contributed by atoms with van der Waals surface area (Å²) in [5.74, 6) is -0.732. The van der Waals surface area contributed by atoms with Gasteiger partial charge < -0.3 is 5.32 Å². The van der Waals surface area contributed by atoms with Gasteiger partial charge in [-0.05, 0) is 69.9 Å². The minimum atomic E-state index is -3.97. The van der Waals surface area contributed by atoms with Crippen LogP contribution < -0.4 is 10.2 Å². The van der Waals surface area contributed by atoms with Crippen molar-refractivity contribution in [1.29, 1.82) is 0 Å². The number of hydrogen-bond acceptors (Lipinski definition) is 4. The smallest absolute Gasteiger partial charge is 0.247 e. The van der Waals surface area contributed by atoms with Crippen molar-refractivity contribution >= 4 is 27.5 Å². The molecule has 8 heteroatoms. The highest BCUT2D eigenvalue weighted by Crippen LogP contribution is 2.35. The second-order valence-electron chi connectivity index (χ2n) is 10.2. The quantitative estimate of drug-likeness (QED) is 0.680. The summed E-state index contributed by atoms with van der Waals surface area (Å²) in [7, 11) is -3.97. The SMILES string of the molecule is Cc1ccc(S(=O)(=O)N2CC(=O)N(c3cc(C)ccc3C)C(C)(C(=O)NC3CCCCC3)C2)cc1. The van der Waals surface area contributed by atoms with Crippen LogP contribution in [-0.2, 0) is 19.6 Å². The Bertz CT molecular complexity index is 1220. The minimum absolute atomic E-state index is 0.0349. The lowest BCUT2D eigenvalue weighted by Crippen LogP contribution is -2.71. The molecule has 2 aromatic carbocycles. The molecule has 0 bridgehead atoms. The normalized spacial score (nSPS) is 22.3. The van der Waals surface area contributed by atoms with Crippen molar-refractivity contribution in [3.63, 3.8) is 0 Å². The zero-order chi connectivity index (χ0) is 25.4. The van der Waals surface area contributed by atoms with Gasteiger partial charge in [-0.25, -0.2) is 8.42 Å². The number of benzene rings is 2. The zero-order valence-electron chi connectivity index (χ0n) is 21.0. The number of anilines is 1. The molecule has 188 valence electrons. The summed E-state index contributed by atoms with van der Waals surface area (Å²) in [5.41, 5.74) is 2.00. The monoisotopic (exact) mass is 497 g/mol. The zero-order valence-corrected chi connectivity index (χ0v) is 21.8. The van der Waals surface area contributed by atoms with Crippen LogP contribution in [0.5, 0.6) is 0 Å². The van der Waals surface area contributed by atoms with Crippen molar-refractivity contribution in [1.82, 2.24) is 9.62 Å². The lowest BCUT2D eigenvalue weighted by atomic mass is 9.90. The van der Waals surface area contributed by atoms with E-state index in [0.717, 1.165) is 53.1 Å². The lowest BCUT2D eigenvalue weighted by molar-refractivity contribution is -0.133. The molecule has 4 rings (SSSR count). The molecule has 1 saturated carbocycles. The largest absolute Gasteiger partial charge is 0.351 e. The van der Waals surface area contributed by atoms with Crippen LogP contribution >= 0.6 is 0 Å². The Morgan fingerprint density at radius 2 is 1.60 bits per heavy atom. The second kappa shape index (κ2) is 9.74. The molecule has 2 aromatic rings. The van der Waals surface area contributed by atoms with Crippen LogP contribution in [0.15, 0.2) is 47.4 Å². The van der Waals surface area contributed by atoms with E-state index in [9.17, 15) is 18.0 Å². The van der Waals surface area contributed by atoms with Crippen LogP contribution in [0, 0.1) is 20.8 Å². The van der Waals surface area contributed by atoms with Crippen molar-refractivity contribution in [3.8, 4) is 0 Å². The molecule has 2 amide bonds. The van der Waals surface area contributed by atoms with Gasteiger partial charge in [0.05, 0.1) is 11.4 Å². The van der Waals surface area contributed by atoms with E-state index in [1.165, 1.54) is 4.90 Å². The average Bonchev–Trinajstić information content (AvgIpc) is 2.81. The third-order valence-electron chi connectivity index (χ3n) is 7.23. The summed E-state index contributed by atoms with van der Waals surface area (Å²) in [6.07, 6.45) is 5.04. The van der Waals surface area contributed by atoms with Gasteiger partial charge in [0.15, 0.2) is 0 Å². The van der Waals surface area contributed by atoms with Gasteiger partial charge in [-0.3, -0.25) is 14.5 Å². The molecule has 0 aromatic heterocycles. The first-order chi connectivity index (χ1) is 16.5. The van der Waals surface area contributed by atoms with Gasteiger partial charge in [-0.15, -0.1) is 0 Å². The van der Waals surface area contributed by atoms with Gasteiger partial charge in [0.2, 0.25) is 21.8 Å². The highest BCUT2D eigenvalue weighted by Gasteiger charge is 2.51. The summed E-state index contributed by atoms with van der Waals surface area (Å²) >= 11 is 0. The van der Waals surface area contributed by atoms with Crippen LogP contribution in [0.2, 0.25) is 0 Å². The number of nitrogens with one attached hydrogen (secondary N) is 1. The van der Waals surface area contributed by atoms with Crippen LogP contribution in [-0.4, -0.2) is 49.2 Å². The topological polar surface area (TPSA) is 86.8 Å². The van der Waals surface area contributed by atoms with Crippen molar-refractivity contribution in [2.24, 2.45) is 0 Å². The maximum Gasteiger partial charge on any atom is 0.247 e. The fraction of sp³-hybridized carbons (Fsp3) is 0.481. The Kier molecular flexibility index (Phi) is 7.06. The Morgan fingerprint density at radius 3 is 2.26 bits per heavy atom. The summed E-state index contributed by atoms with van der Waals surface area (Å²) in [4.78, 5) is 29.1. The fourth-order valence-corrected chi connectivity index (χ4v) is 6.60. The summed E-state index contributed by atoms with van der Waals surface area (Å²) in [5, 5.41) is 3.15. The van der Waals surface area contributed by atoms with Crippen molar-refractivity contribution < 1.29 is 18.0 Å². The molecule has 1 saturated heterocycles. The van der Waals surface area contributed by atoms with Crippen molar-refractivity contribution in [2.75, 3.05) is 18.0 Å². The Labute approximate surface area is 208 Å². The van der Waals surface area contributed by atoms with E-state index in [2.05, 4.69) is 5.32 Å². The summed E-state index contributed by atoms with van der Waals surface area (Å²) in [6.45, 7) is 6.95. The standard InChI is InChI=1S/C27H35N3O4S/c1-19-11-14-23(15-12-19)35(33,34)29-17-25(31)30(24-16-20(2)10-13-21(24)3)27(4,18-29)26(32)28-22-8-6-5-7-9-22/h10-16,22H,5-9,17-18H2,1-4H3,(H,28,32). The van der Waals surface area contributed by atoms with Crippen LogP contribution in [0.1, 0.15) is 55.7 Å². The Hall–Kier alpha value is -2.71. The highest BCUT2D eigenvalue weighted by atomic mass is 32.2. The molecule has 0 spiro atoms. The first-order valence-corrected chi connectivity index (χ1v) is 13.7. The van der Waals surface area contributed by atoms with Crippen molar-refractivity contribution in [3.05, 3.63) is 59.2 Å². The molecule has 1 aliphatic heterocycles. The fourth-order valence-electron chi connectivity index (χ4n) is 5.12. The molecule has 0 radical (unpaired) electrons. The van der Waals surface area contributed by atoms with E-state index in [1.807, 2.05) is 39.0 Å². The van der Waals surface area contributed by atoms with E-state index in [4.69, 9.17) is 0 Å². The van der Waals surface area contributed by atoms with Crippen LogP contribution in [0.4, 0.5) is 5.69 Å². The number of nitrogens with zero attached hydrogens (tertiary/aromatic N) is 2. The van der Waals surface area contributed by atoms with E-state index in [0.29, 0.717) is 5.69 Å². The molecule has 2 aliphatic rings. The van der Waals surface area contributed by atoms with E-state index in [-0.39, 0.29) is 29.9 Å². The molecular formula is C27H35N3O4S. The Balaban J connectivity index is 1.75. The number of rotatable bonds is 5. The maximum atomic E-state index is 13.8. The molecular weight excluding hydrogens is 462 g/mol. The molecule has 1 heterocycles. The van der Waals surface area contributed by atoms with Gasteiger partial charge in [0, 0.05) is 18.3 Å². The third-order valence-corrected chi connectivity index (χ3v) is 9.04. The molecule has 1 aliphatic carbocycles. The lowest BCUT2D eigenvalue weighted by Gasteiger charge is -2.47. The van der Waals surface area contributed by atoms with E-state index < -0.39 is 21.5 Å². The molecule has 1 N–H and O–H groups in total. The number of piperazine rings is 1. The summed E-state index contributed by atoms with van der Waals surface area (Å²) < 4.78 is 28.2. The van der Waals surface area contributed by atoms with Gasteiger partial charge in [-0.2, -0.15) is 4.31 Å². The molecule has 2 fully saturated rings. The predicted octanol–water partition coefficient (Wildman–Crippen LogP) is 3.86. The number of amides is 2. The molecule has 35 heavy (non-hydrogen) atoms. The predicted molar refractivity (Wildman–Crippen MR) is 137 cm³/mol. The number of carbonyl (C=O) groups is 2. The first kappa shape index (κ1) is 25.4. The van der Waals surface area contributed by atoms with Gasteiger partial charge in [-0.1, -0.05) is 49.1 Å². The molecule has 1 atom stereocenters. The highest BCUT2D eigenvalue weighted by molar-refractivity contribution is 7.89. The third kappa shape index (κ3) is 5.00. The molecule has 1 unspecified atom stereocenters. The van der Waals surface area contributed by atoms with E-state index in [1.54, 1.807) is 31.2 Å². The van der Waals surface area contributed by atoms with Gasteiger partial charge in [0.1, 0.15) is 5.54 Å². The van der Waals surface area contributed by atoms with Crippen molar-refractivity contribution in [2.45, 2.75) is 76.3 Å². The van der Waals surface area contributed by atoms with Gasteiger partial charge in [0.25, 0.3) is 0 Å². The minimum Gasteiger partial charge on any atom is -0.351 e. The van der Waals surface area contributed by atoms with E-state index >= 15 is 0 Å². The average molecular weight is 498 g/mol. The number of aryl methyl sites for hydroxylation is 3. The second-order valence-corrected chi connectivity index (χ2v) is 12.1. The number of hydrogen-bond donors (Lipinski definition) is 1. The number of carbonyl (C=O) groups excluding carboxylic acids is 2. The number of sulfonamides is 1. The summed E-state index contributed by atoms with van der Waals surface area (Å²) in [6, 6.07) is 12.4. The van der Waals surface area contributed by atoms with Gasteiger partial charge >= 0.3 is 0 Å². The van der Waals surface area contributed by atoms with Crippen LogP contribution in [0.3, 0.4) is 0 Å².